The summed E-state index contributed by atoms with van der Waals surface area (Å²) in [5, 5.41) is 9.43. The van der Waals surface area contributed by atoms with Crippen LogP contribution in [0, 0.1) is 0 Å². The van der Waals surface area contributed by atoms with Crippen molar-refractivity contribution in [2.24, 2.45) is 0 Å². The van der Waals surface area contributed by atoms with Gasteiger partial charge in [0.1, 0.15) is 5.75 Å². The fourth-order valence-corrected chi connectivity index (χ4v) is 4.65. The molecule has 0 bridgehead atoms. The second-order valence-corrected chi connectivity index (χ2v) is 8.07. The molecule has 3 rings (SSSR count). The van der Waals surface area contributed by atoms with Crippen molar-refractivity contribution in [1.82, 2.24) is 19.7 Å². The van der Waals surface area contributed by atoms with E-state index in [0.717, 1.165) is 24.2 Å². The molecule has 28 heavy (non-hydrogen) atoms. The lowest BCUT2D eigenvalue weighted by molar-refractivity contribution is -0.134. The Morgan fingerprint density at radius 3 is 2.68 bits per heavy atom. The van der Waals surface area contributed by atoms with E-state index in [1.54, 1.807) is 7.11 Å². The Labute approximate surface area is 171 Å². The van der Waals surface area contributed by atoms with Gasteiger partial charge in [-0.1, -0.05) is 30.0 Å². The monoisotopic (exact) mass is 400 g/mol. The number of amides is 1. The molecule has 0 radical (unpaired) electrons. The predicted octanol–water partition coefficient (Wildman–Crippen LogP) is 4.02. The van der Waals surface area contributed by atoms with Gasteiger partial charge in [0.15, 0.2) is 11.0 Å². The summed E-state index contributed by atoms with van der Waals surface area (Å²) in [6.45, 7) is 8.69. The van der Waals surface area contributed by atoms with E-state index in [2.05, 4.69) is 30.6 Å². The van der Waals surface area contributed by atoms with Gasteiger partial charge in [0.2, 0.25) is 5.91 Å². The molecule has 0 saturated carbocycles. The third kappa shape index (κ3) is 4.24. The number of piperidine rings is 1. The highest BCUT2D eigenvalue weighted by molar-refractivity contribution is 7.99. The van der Waals surface area contributed by atoms with Crippen LogP contribution in [0.1, 0.15) is 33.1 Å². The van der Waals surface area contributed by atoms with E-state index in [1.165, 1.54) is 18.2 Å². The van der Waals surface area contributed by atoms with Crippen molar-refractivity contribution in [1.29, 1.82) is 0 Å². The largest absolute Gasteiger partial charge is 0.496 e. The van der Waals surface area contributed by atoms with Crippen LogP contribution in [0.25, 0.3) is 11.4 Å². The molecule has 6 nitrogen and oxygen atoms in total. The van der Waals surface area contributed by atoms with Crippen LogP contribution in [0.5, 0.6) is 5.75 Å². The number of carbonyl (C=O) groups is 1. The van der Waals surface area contributed by atoms with Crippen LogP contribution in [0.2, 0.25) is 0 Å². The minimum absolute atomic E-state index is 0.164. The number of likely N-dealkylation sites (tertiary alicyclic amines) is 1. The van der Waals surface area contributed by atoms with Crippen LogP contribution in [-0.4, -0.2) is 50.5 Å². The van der Waals surface area contributed by atoms with Crippen molar-refractivity contribution in [2.75, 3.05) is 12.9 Å². The number of rotatable bonds is 7. The second-order valence-electron chi connectivity index (χ2n) is 7.12. The summed E-state index contributed by atoms with van der Waals surface area (Å²) in [5.41, 5.74) is 0.871. The molecule has 1 aromatic carbocycles. The Kier molecular flexibility index (Phi) is 6.78. The van der Waals surface area contributed by atoms with Gasteiger partial charge in [-0.15, -0.1) is 16.8 Å². The molecular weight excluding hydrogens is 372 g/mol. The summed E-state index contributed by atoms with van der Waals surface area (Å²) in [6.07, 6.45) is 5.15. The number of hydrogen-bond donors (Lipinski definition) is 0. The molecule has 1 aliphatic heterocycles. The van der Waals surface area contributed by atoms with Crippen molar-refractivity contribution in [3.63, 3.8) is 0 Å². The minimum atomic E-state index is 0.164. The van der Waals surface area contributed by atoms with E-state index in [9.17, 15) is 4.79 Å². The highest BCUT2D eigenvalue weighted by atomic mass is 32.2. The standard InChI is InChI=1S/C21H28N4O2S/c1-5-13-24-20(17-11-6-7-12-18(17)27-4)22-23-21(24)28-14-19(26)25-15(2)9-8-10-16(25)3/h5-7,11-12,15-16H,1,8-10,13-14H2,2-4H3/t15-,16-/m1/s1. The van der Waals surface area contributed by atoms with Crippen molar-refractivity contribution in [2.45, 2.75) is 56.9 Å². The molecule has 2 aromatic rings. The fourth-order valence-electron chi connectivity index (χ4n) is 3.83. The van der Waals surface area contributed by atoms with Crippen LogP contribution in [0.4, 0.5) is 0 Å². The van der Waals surface area contributed by atoms with Crippen LogP contribution in [0.3, 0.4) is 0 Å². The smallest absolute Gasteiger partial charge is 0.233 e. The van der Waals surface area contributed by atoms with Gasteiger partial charge in [-0.05, 0) is 45.2 Å². The molecule has 1 fully saturated rings. The number of ether oxygens (including phenoxy) is 1. The predicted molar refractivity (Wildman–Crippen MR) is 113 cm³/mol. The van der Waals surface area contributed by atoms with Gasteiger partial charge in [-0.25, -0.2) is 0 Å². The lowest BCUT2D eigenvalue weighted by atomic mass is 9.98. The van der Waals surface area contributed by atoms with E-state index in [-0.39, 0.29) is 5.91 Å². The topological polar surface area (TPSA) is 60.2 Å². The lowest BCUT2D eigenvalue weighted by Gasteiger charge is -2.39. The molecule has 1 aliphatic rings. The first-order valence-electron chi connectivity index (χ1n) is 9.68. The molecule has 2 atom stereocenters. The Morgan fingerprint density at radius 2 is 2.00 bits per heavy atom. The maximum Gasteiger partial charge on any atom is 0.233 e. The number of allylic oxidation sites excluding steroid dienone is 1. The van der Waals surface area contributed by atoms with Gasteiger partial charge >= 0.3 is 0 Å². The van der Waals surface area contributed by atoms with Gasteiger partial charge in [0, 0.05) is 18.6 Å². The summed E-state index contributed by atoms with van der Waals surface area (Å²) in [4.78, 5) is 14.9. The first kappa shape index (κ1) is 20.5. The van der Waals surface area contributed by atoms with Crippen LogP contribution in [-0.2, 0) is 11.3 Å². The Balaban J connectivity index is 1.80. The van der Waals surface area contributed by atoms with Crippen molar-refractivity contribution in [3.8, 4) is 17.1 Å². The van der Waals surface area contributed by atoms with E-state index in [0.29, 0.717) is 35.4 Å². The summed E-state index contributed by atoms with van der Waals surface area (Å²) in [6, 6.07) is 8.32. The normalized spacial score (nSPS) is 19.5. The number of carbonyl (C=O) groups excluding carboxylic acids is 1. The summed E-state index contributed by atoms with van der Waals surface area (Å²) in [5.74, 6) is 1.98. The second kappa shape index (κ2) is 9.28. The van der Waals surface area contributed by atoms with E-state index in [4.69, 9.17) is 4.74 Å². The third-order valence-electron chi connectivity index (χ3n) is 5.18. The van der Waals surface area contributed by atoms with E-state index in [1.807, 2.05) is 39.8 Å². The molecule has 1 saturated heterocycles. The number of methoxy groups -OCH3 is 1. The molecule has 2 heterocycles. The van der Waals surface area contributed by atoms with Gasteiger partial charge < -0.3 is 9.64 Å². The minimum Gasteiger partial charge on any atom is -0.496 e. The van der Waals surface area contributed by atoms with Gasteiger partial charge in [-0.2, -0.15) is 0 Å². The number of aromatic nitrogens is 3. The molecule has 0 unspecified atom stereocenters. The molecular formula is C21H28N4O2S. The third-order valence-corrected chi connectivity index (χ3v) is 6.13. The summed E-state index contributed by atoms with van der Waals surface area (Å²) >= 11 is 1.43. The highest BCUT2D eigenvalue weighted by Gasteiger charge is 2.29. The zero-order valence-corrected chi connectivity index (χ0v) is 17.6. The molecule has 7 heteroatoms. The quantitative estimate of drug-likeness (QED) is 0.519. The molecule has 150 valence electrons. The first-order chi connectivity index (χ1) is 13.6. The van der Waals surface area contributed by atoms with E-state index < -0.39 is 0 Å². The number of benzene rings is 1. The number of hydrogen-bond acceptors (Lipinski definition) is 5. The first-order valence-corrected chi connectivity index (χ1v) is 10.7. The Hall–Kier alpha value is -2.28. The maximum atomic E-state index is 12.8. The van der Waals surface area contributed by atoms with Crippen LogP contribution >= 0.6 is 11.8 Å². The summed E-state index contributed by atoms with van der Waals surface area (Å²) < 4.78 is 7.45. The van der Waals surface area contributed by atoms with Crippen molar-refractivity contribution in [3.05, 3.63) is 36.9 Å². The fraction of sp³-hybridized carbons (Fsp3) is 0.476. The maximum absolute atomic E-state index is 12.8. The lowest BCUT2D eigenvalue weighted by Crippen LogP contribution is -2.48. The SMILES string of the molecule is C=CCn1c(SCC(=O)N2[C@H](C)CCC[C@H]2C)nnc1-c1ccccc1OC. The van der Waals surface area contributed by atoms with E-state index >= 15 is 0 Å². The summed E-state index contributed by atoms with van der Waals surface area (Å²) in [7, 11) is 1.64. The molecule has 1 aromatic heterocycles. The van der Waals surface area contributed by atoms with Crippen molar-refractivity contribution < 1.29 is 9.53 Å². The van der Waals surface area contributed by atoms with Crippen LogP contribution < -0.4 is 4.74 Å². The van der Waals surface area contributed by atoms with Crippen molar-refractivity contribution >= 4 is 17.7 Å². The number of para-hydroxylation sites is 1. The Morgan fingerprint density at radius 1 is 1.29 bits per heavy atom. The van der Waals surface area contributed by atoms with Gasteiger partial charge in [0.25, 0.3) is 0 Å². The number of nitrogens with zero attached hydrogens (tertiary/aromatic N) is 4. The van der Waals surface area contributed by atoms with Crippen LogP contribution in [0.15, 0.2) is 42.1 Å². The highest BCUT2D eigenvalue weighted by Crippen LogP contribution is 2.31. The number of thioether (sulfide) groups is 1. The van der Waals surface area contributed by atoms with Gasteiger partial charge in [0.05, 0.1) is 18.4 Å². The average molecular weight is 401 g/mol. The zero-order chi connectivity index (χ0) is 20.1. The Bertz CT molecular complexity index is 826. The molecule has 0 spiro atoms. The zero-order valence-electron chi connectivity index (χ0n) is 16.8. The molecule has 1 amide bonds. The molecule has 0 N–H and O–H groups in total. The average Bonchev–Trinajstić information content (AvgIpc) is 3.09. The van der Waals surface area contributed by atoms with Gasteiger partial charge in [-0.3, -0.25) is 9.36 Å². The molecule has 0 aliphatic carbocycles.